The monoisotopic (exact) mass is 467 g/mol. The van der Waals surface area contributed by atoms with Crippen molar-refractivity contribution < 1.29 is 14.3 Å². The van der Waals surface area contributed by atoms with Gasteiger partial charge in [-0.25, -0.2) is 4.98 Å². The number of hydrogen-bond donors (Lipinski definition) is 1. The van der Waals surface area contributed by atoms with Gasteiger partial charge in [0.1, 0.15) is 16.3 Å². The number of nitrogens with zero attached hydrogens (tertiary/aromatic N) is 2. The van der Waals surface area contributed by atoms with Gasteiger partial charge in [0.2, 0.25) is 5.91 Å². The summed E-state index contributed by atoms with van der Waals surface area (Å²) in [4.78, 5) is 31.9. The van der Waals surface area contributed by atoms with Gasteiger partial charge in [-0.3, -0.25) is 14.2 Å². The van der Waals surface area contributed by atoms with Crippen molar-refractivity contribution >= 4 is 56.5 Å². The number of aromatic nitrogens is 2. The maximum absolute atomic E-state index is 12.9. The lowest BCUT2D eigenvalue weighted by molar-refractivity contribution is -0.113. The molecule has 3 rings (SSSR count). The molecule has 10 heteroatoms. The van der Waals surface area contributed by atoms with E-state index in [1.54, 1.807) is 16.7 Å². The number of thioether (sulfide) groups is 1. The van der Waals surface area contributed by atoms with E-state index < -0.39 is 0 Å². The van der Waals surface area contributed by atoms with E-state index in [0.717, 1.165) is 10.4 Å². The van der Waals surface area contributed by atoms with Crippen LogP contribution in [0.25, 0.3) is 10.2 Å². The van der Waals surface area contributed by atoms with Crippen molar-refractivity contribution in [3.63, 3.8) is 0 Å². The molecule has 160 valence electrons. The van der Waals surface area contributed by atoms with Gasteiger partial charge >= 0.3 is 0 Å². The van der Waals surface area contributed by atoms with Crippen molar-refractivity contribution in [3.05, 3.63) is 37.9 Å². The van der Waals surface area contributed by atoms with Crippen LogP contribution in [-0.4, -0.2) is 35.4 Å². The summed E-state index contributed by atoms with van der Waals surface area (Å²) in [5, 5.41) is 4.32. The zero-order valence-electron chi connectivity index (χ0n) is 17.3. The highest BCUT2D eigenvalue weighted by molar-refractivity contribution is 7.99. The van der Waals surface area contributed by atoms with Crippen LogP contribution in [0.1, 0.15) is 17.4 Å². The standard InChI is InChI=1S/C20H22ClN3O4S2/c1-6-24-19(26)17-10(2)11(3)30-18(17)23-20(24)29-9-16(25)22-13-7-12(21)14(27-4)8-15(13)28-5/h7-8H,6,9H2,1-5H3,(H,22,25). The van der Waals surface area contributed by atoms with Gasteiger partial charge in [-0.2, -0.15) is 0 Å². The fraction of sp³-hybridized carbons (Fsp3) is 0.350. The Morgan fingerprint density at radius 3 is 2.60 bits per heavy atom. The smallest absolute Gasteiger partial charge is 0.263 e. The van der Waals surface area contributed by atoms with Crippen LogP contribution >= 0.6 is 34.7 Å². The number of aryl methyl sites for hydroxylation is 2. The second-order valence-electron chi connectivity index (χ2n) is 6.43. The molecule has 7 nitrogen and oxygen atoms in total. The number of carbonyl (C=O) groups excluding carboxylic acids is 1. The van der Waals surface area contributed by atoms with Crippen molar-refractivity contribution in [1.82, 2.24) is 9.55 Å². The molecule has 0 aliphatic rings. The molecular formula is C20H22ClN3O4S2. The first-order valence-corrected chi connectivity index (χ1v) is 11.3. The van der Waals surface area contributed by atoms with Crippen LogP contribution in [0.15, 0.2) is 22.1 Å². The van der Waals surface area contributed by atoms with Crippen molar-refractivity contribution in [1.29, 1.82) is 0 Å². The highest BCUT2D eigenvalue weighted by Gasteiger charge is 2.18. The molecule has 0 radical (unpaired) electrons. The first-order chi connectivity index (χ1) is 14.3. The Bertz CT molecular complexity index is 1170. The van der Waals surface area contributed by atoms with Crippen molar-refractivity contribution in [2.75, 3.05) is 25.3 Å². The molecular weight excluding hydrogens is 446 g/mol. The van der Waals surface area contributed by atoms with Crippen molar-refractivity contribution in [2.24, 2.45) is 0 Å². The van der Waals surface area contributed by atoms with E-state index in [-0.39, 0.29) is 17.2 Å². The average molecular weight is 468 g/mol. The normalized spacial score (nSPS) is 11.0. The first-order valence-electron chi connectivity index (χ1n) is 9.15. The molecule has 0 aliphatic heterocycles. The van der Waals surface area contributed by atoms with Gasteiger partial charge in [-0.05, 0) is 32.4 Å². The molecule has 0 spiro atoms. The number of amides is 1. The Morgan fingerprint density at radius 1 is 1.27 bits per heavy atom. The predicted octanol–water partition coefficient (Wildman–Crippen LogP) is 4.50. The van der Waals surface area contributed by atoms with Crippen LogP contribution in [0.2, 0.25) is 5.02 Å². The van der Waals surface area contributed by atoms with Gasteiger partial charge < -0.3 is 14.8 Å². The summed E-state index contributed by atoms with van der Waals surface area (Å²) in [5.41, 5.74) is 1.33. The molecule has 0 saturated heterocycles. The van der Waals surface area contributed by atoms with Gasteiger partial charge in [0.15, 0.2) is 5.16 Å². The summed E-state index contributed by atoms with van der Waals surface area (Å²) < 4.78 is 12.1. The van der Waals surface area contributed by atoms with Crippen LogP contribution in [0.5, 0.6) is 11.5 Å². The lowest BCUT2D eigenvalue weighted by atomic mass is 10.2. The number of rotatable bonds is 7. The number of fused-ring (bicyclic) bond motifs is 1. The predicted molar refractivity (Wildman–Crippen MR) is 123 cm³/mol. The summed E-state index contributed by atoms with van der Waals surface area (Å²) in [7, 11) is 3.00. The van der Waals surface area contributed by atoms with Crippen molar-refractivity contribution in [3.8, 4) is 11.5 Å². The highest BCUT2D eigenvalue weighted by atomic mass is 35.5. The summed E-state index contributed by atoms with van der Waals surface area (Å²) >= 11 is 8.87. The van der Waals surface area contributed by atoms with Gasteiger partial charge in [-0.1, -0.05) is 23.4 Å². The van der Waals surface area contributed by atoms with Crippen LogP contribution < -0.4 is 20.3 Å². The SMILES string of the molecule is CCn1c(SCC(=O)Nc2cc(Cl)c(OC)cc2OC)nc2sc(C)c(C)c2c1=O. The van der Waals surface area contributed by atoms with Crippen LogP contribution in [0.4, 0.5) is 5.69 Å². The average Bonchev–Trinajstić information content (AvgIpc) is 3.00. The number of nitrogens with one attached hydrogen (secondary N) is 1. The molecule has 3 aromatic rings. The fourth-order valence-corrected chi connectivity index (χ4v) is 5.15. The molecule has 2 heterocycles. The molecule has 0 saturated carbocycles. The largest absolute Gasteiger partial charge is 0.495 e. The van der Waals surface area contributed by atoms with E-state index >= 15 is 0 Å². The molecule has 1 aromatic carbocycles. The maximum atomic E-state index is 12.9. The molecule has 0 aliphatic carbocycles. The van der Waals surface area contributed by atoms with Gasteiger partial charge in [0.05, 0.1) is 36.1 Å². The van der Waals surface area contributed by atoms with Crippen LogP contribution in [-0.2, 0) is 11.3 Å². The van der Waals surface area contributed by atoms with E-state index in [9.17, 15) is 9.59 Å². The third kappa shape index (κ3) is 4.28. The zero-order valence-corrected chi connectivity index (χ0v) is 19.7. The summed E-state index contributed by atoms with van der Waals surface area (Å²) in [6, 6.07) is 3.18. The molecule has 0 bridgehead atoms. The van der Waals surface area contributed by atoms with Crippen molar-refractivity contribution in [2.45, 2.75) is 32.5 Å². The Kier molecular flexibility index (Phi) is 6.95. The number of anilines is 1. The maximum Gasteiger partial charge on any atom is 0.263 e. The van der Waals surface area contributed by atoms with Gasteiger partial charge in [-0.15, -0.1) is 11.3 Å². The summed E-state index contributed by atoms with van der Waals surface area (Å²) in [6.45, 7) is 6.27. The number of carbonyl (C=O) groups is 1. The number of halogens is 1. The first kappa shape index (κ1) is 22.5. The fourth-order valence-electron chi connectivity index (χ4n) is 2.97. The molecule has 2 aromatic heterocycles. The summed E-state index contributed by atoms with van der Waals surface area (Å²) in [5.74, 6) is 0.694. The quantitative estimate of drug-likeness (QED) is 0.407. The molecule has 0 unspecified atom stereocenters. The summed E-state index contributed by atoms with van der Waals surface area (Å²) in [6.07, 6.45) is 0. The number of ether oxygens (including phenoxy) is 2. The van der Waals surface area contributed by atoms with Gasteiger partial charge in [0, 0.05) is 17.5 Å². The van der Waals surface area contributed by atoms with Crippen LogP contribution in [0.3, 0.4) is 0 Å². The molecule has 30 heavy (non-hydrogen) atoms. The Morgan fingerprint density at radius 2 is 1.97 bits per heavy atom. The number of methoxy groups -OCH3 is 2. The minimum absolute atomic E-state index is 0.0733. The Balaban J connectivity index is 1.82. The third-order valence-corrected chi connectivity index (χ3v) is 7.02. The second-order valence-corrected chi connectivity index (χ2v) is 8.98. The van der Waals surface area contributed by atoms with E-state index in [0.29, 0.717) is 44.1 Å². The molecule has 0 fully saturated rings. The van der Waals surface area contributed by atoms with Crippen LogP contribution in [0, 0.1) is 13.8 Å². The lowest BCUT2D eigenvalue weighted by Gasteiger charge is -2.13. The minimum Gasteiger partial charge on any atom is -0.495 e. The van der Waals surface area contributed by atoms with E-state index in [2.05, 4.69) is 10.3 Å². The number of hydrogen-bond acceptors (Lipinski definition) is 7. The van der Waals surface area contributed by atoms with Gasteiger partial charge in [0.25, 0.3) is 5.56 Å². The minimum atomic E-state index is -0.268. The lowest BCUT2D eigenvalue weighted by Crippen LogP contribution is -2.23. The van der Waals surface area contributed by atoms with E-state index in [4.69, 9.17) is 21.1 Å². The molecule has 1 amide bonds. The Labute approximate surface area is 187 Å². The third-order valence-electron chi connectivity index (χ3n) is 4.65. The number of thiophene rings is 1. The molecule has 1 N–H and O–H groups in total. The van der Waals surface area contributed by atoms with E-state index in [1.807, 2.05) is 20.8 Å². The van der Waals surface area contributed by atoms with E-state index in [1.165, 1.54) is 37.3 Å². The highest BCUT2D eigenvalue weighted by Crippen LogP contribution is 2.36. The zero-order chi connectivity index (χ0) is 22.0. The molecule has 0 atom stereocenters. The second kappa shape index (κ2) is 9.28. The Hall–Kier alpha value is -2.23. The topological polar surface area (TPSA) is 82.5 Å². The number of benzene rings is 1.